The molecule has 1 amide bonds. The average molecular weight is 385 g/mol. The number of nitrogens with two attached hydrogens (primary N) is 1. The van der Waals surface area contributed by atoms with Crippen molar-refractivity contribution in [1.82, 2.24) is 9.47 Å². The van der Waals surface area contributed by atoms with Crippen molar-refractivity contribution in [1.29, 1.82) is 0 Å². The predicted molar refractivity (Wildman–Crippen MR) is 103 cm³/mol. The number of amides is 1. The van der Waals surface area contributed by atoms with Crippen molar-refractivity contribution in [2.75, 3.05) is 18.8 Å². The predicted octanol–water partition coefficient (Wildman–Crippen LogP) is 4.39. The largest absolute Gasteiger partial charge is 0.471 e. The molecule has 0 bridgehead atoms. The van der Waals surface area contributed by atoms with Crippen LogP contribution >= 0.6 is 0 Å². The van der Waals surface area contributed by atoms with Gasteiger partial charge < -0.3 is 15.2 Å². The zero-order valence-electron chi connectivity index (χ0n) is 14.9. The monoisotopic (exact) mass is 385 g/mol. The van der Waals surface area contributed by atoms with Crippen molar-refractivity contribution in [2.45, 2.75) is 12.6 Å². The fourth-order valence-electron chi connectivity index (χ4n) is 3.56. The highest BCUT2D eigenvalue weighted by Crippen LogP contribution is 2.33. The van der Waals surface area contributed by atoms with Crippen LogP contribution in [0.15, 0.2) is 60.8 Å². The molecular formula is C21H18F3N3O. The number of halogens is 3. The third kappa shape index (κ3) is 3.24. The first-order valence-corrected chi connectivity index (χ1v) is 8.86. The summed E-state index contributed by atoms with van der Waals surface area (Å²) in [6.45, 7) is 0.000603. The van der Waals surface area contributed by atoms with E-state index in [4.69, 9.17) is 5.73 Å². The lowest BCUT2D eigenvalue weighted by molar-refractivity contribution is -0.185. The second-order valence-corrected chi connectivity index (χ2v) is 6.75. The van der Waals surface area contributed by atoms with Crippen LogP contribution in [0, 0.1) is 0 Å². The molecule has 1 aliphatic heterocycles. The van der Waals surface area contributed by atoms with Gasteiger partial charge in [-0.2, -0.15) is 13.2 Å². The average Bonchev–Trinajstić information content (AvgIpc) is 3.07. The number of hydrogen-bond acceptors (Lipinski definition) is 2. The van der Waals surface area contributed by atoms with Gasteiger partial charge in [0, 0.05) is 41.6 Å². The Hall–Kier alpha value is -3.22. The molecule has 0 aliphatic carbocycles. The molecule has 1 aromatic heterocycles. The minimum absolute atomic E-state index is 0.0466. The van der Waals surface area contributed by atoms with Gasteiger partial charge in [-0.05, 0) is 42.3 Å². The van der Waals surface area contributed by atoms with Crippen molar-refractivity contribution in [3.63, 3.8) is 0 Å². The fourth-order valence-corrected chi connectivity index (χ4v) is 3.56. The van der Waals surface area contributed by atoms with E-state index >= 15 is 0 Å². The third-order valence-electron chi connectivity index (χ3n) is 4.97. The van der Waals surface area contributed by atoms with Crippen molar-refractivity contribution in [3.05, 3.63) is 66.4 Å². The lowest BCUT2D eigenvalue weighted by Crippen LogP contribution is -2.43. The van der Waals surface area contributed by atoms with Gasteiger partial charge in [-0.25, -0.2) is 0 Å². The number of rotatable bonds is 2. The van der Waals surface area contributed by atoms with Crippen LogP contribution in [0.25, 0.3) is 22.2 Å². The van der Waals surface area contributed by atoms with Gasteiger partial charge >= 0.3 is 12.1 Å². The maximum Gasteiger partial charge on any atom is 0.471 e. The summed E-state index contributed by atoms with van der Waals surface area (Å²) in [4.78, 5) is 12.3. The topological polar surface area (TPSA) is 51.3 Å². The number of alkyl halides is 3. The number of para-hydroxylation sites is 1. The number of nitrogen functional groups attached to an aromatic ring is 1. The van der Waals surface area contributed by atoms with E-state index in [1.54, 1.807) is 6.08 Å². The van der Waals surface area contributed by atoms with Crippen molar-refractivity contribution >= 4 is 28.1 Å². The van der Waals surface area contributed by atoms with Gasteiger partial charge in [-0.1, -0.05) is 24.3 Å². The van der Waals surface area contributed by atoms with Gasteiger partial charge in [0.05, 0.1) is 5.52 Å². The first-order chi connectivity index (χ1) is 13.3. The Morgan fingerprint density at radius 1 is 1.04 bits per heavy atom. The highest BCUT2D eigenvalue weighted by atomic mass is 19.4. The molecule has 1 aliphatic rings. The minimum atomic E-state index is -4.84. The summed E-state index contributed by atoms with van der Waals surface area (Å²) in [5.41, 5.74) is 10.3. The molecule has 0 saturated carbocycles. The van der Waals surface area contributed by atoms with E-state index < -0.39 is 12.1 Å². The number of benzene rings is 2. The smallest absolute Gasteiger partial charge is 0.399 e. The van der Waals surface area contributed by atoms with Crippen LogP contribution in [0.5, 0.6) is 0 Å². The van der Waals surface area contributed by atoms with Crippen LogP contribution in [0.1, 0.15) is 12.0 Å². The standard InChI is InChI=1S/C21H18F3N3O/c22-21(23,24)20(28)26-11-9-14(10-12-26)18-13-27(16-7-5-15(25)6-8-16)19-4-2-1-3-17(18)19/h1-9,13H,10-12,25H2. The second kappa shape index (κ2) is 6.74. The molecule has 0 saturated heterocycles. The van der Waals surface area contributed by atoms with Crippen LogP contribution in [0.2, 0.25) is 0 Å². The van der Waals surface area contributed by atoms with E-state index in [-0.39, 0.29) is 13.1 Å². The van der Waals surface area contributed by atoms with E-state index in [1.807, 2.05) is 59.3 Å². The number of anilines is 1. The Balaban J connectivity index is 1.71. The van der Waals surface area contributed by atoms with Crippen molar-refractivity contribution in [3.8, 4) is 5.69 Å². The van der Waals surface area contributed by atoms with E-state index in [0.29, 0.717) is 12.1 Å². The number of hydrogen-bond donors (Lipinski definition) is 1. The normalized spacial score (nSPS) is 15.0. The molecule has 0 spiro atoms. The van der Waals surface area contributed by atoms with E-state index in [2.05, 4.69) is 0 Å². The summed E-state index contributed by atoms with van der Waals surface area (Å²) in [7, 11) is 0. The van der Waals surface area contributed by atoms with E-state index in [9.17, 15) is 18.0 Å². The van der Waals surface area contributed by atoms with E-state index in [1.165, 1.54) is 0 Å². The first-order valence-electron chi connectivity index (χ1n) is 8.86. The highest BCUT2D eigenvalue weighted by molar-refractivity contribution is 5.95. The number of fused-ring (bicyclic) bond motifs is 1. The van der Waals surface area contributed by atoms with Gasteiger partial charge in [-0.3, -0.25) is 4.79 Å². The van der Waals surface area contributed by atoms with Crippen molar-refractivity contribution in [2.24, 2.45) is 0 Å². The molecule has 4 rings (SSSR count). The quantitative estimate of drug-likeness (QED) is 0.665. The van der Waals surface area contributed by atoms with Crippen LogP contribution in [-0.2, 0) is 4.79 Å². The molecule has 2 aromatic carbocycles. The molecule has 0 radical (unpaired) electrons. The molecule has 0 atom stereocenters. The molecule has 2 heterocycles. The first kappa shape index (κ1) is 18.2. The second-order valence-electron chi connectivity index (χ2n) is 6.75. The summed E-state index contributed by atoms with van der Waals surface area (Å²) in [6, 6.07) is 15.4. The van der Waals surface area contributed by atoms with Gasteiger partial charge in [0.2, 0.25) is 0 Å². The maximum atomic E-state index is 12.7. The molecule has 144 valence electrons. The minimum Gasteiger partial charge on any atom is -0.399 e. The van der Waals surface area contributed by atoms with Gasteiger partial charge in [0.25, 0.3) is 0 Å². The molecule has 3 aromatic rings. The summed E-state index contributed by atoms with van der Waals surface area (Å²) < 4.78 is 40.0. The van der Waals surface area contributed by atoms with Gasteiger partial charge in [-0.15, -0.1) is 0 Å². The molecular weight excluding hydrogens is 367 g/mol. The van der Waals surface area contributed by atoms with Crippen LogP contribution < -0.4 is 5.73 Å². The Kier molecular flexibility index (Phi) is 4.37. The Bertz CT molecular complexity index is 1060. The lowest BCUT2D eigenvalue weighted by Gasteiger charge is -2.27. The number of carbonyl (C=O) groups is 1. The van der Waals surface area contributed by atoms with Crippen LogP contribution in [-0.4, -0.2) is 34.6 Å². The van der Waals surface area contributed by atoms with Crippen LogP contribution in [0.4, 0.5) is 18.9 Å². The van der Waals surface area contributed by atoms with Crippen molar-refractivity contribution < 1.29 is 18.0 Å². The zero-order chi connectivity index (χ0) is 19.9. The molecule has 7 heteroatoms. The van der Waals surface area contributed by atoms with E-state index in [0.717, 1.165) is 32.6 Å². The number of carbonyl (C=O) groups excluding carboxylic acids is 1. The zero-order valence-corrected chi connectivity index (χ0v) is 14.9. The summed E-state index contributed by atoms with van der Waals surface area (Å²) in [5.74, 6) is -1.79. The number of aromatic nitrogens is 1. The molecule has 2 N–H and O–H groups in total. The summed E-state index contributed by atoms with van der Waals surface area (Å²) in [5, 5.41) is 1.01. The third-order valence-corrected chi connectivity index (χ3v) is 4.97. The molecule has 0 unspecified atom stereocenters. The summed E-state index contributed by atoms with van der Waals surface area (Å²) in [6.07, 6.45) is -0.764. The summed E-state index contributed by atoms with van der Waals surface area (Å²) >= 11 is 0. The molecule has 0 fully saturated rings. The Labute approximate surface area is 159 Å². The Morgan fingerprint density at radius 2 is 1.75 bits per heavy atom. The number of nitrogens with zero attached hydrogens (tertiary/aromatic N) is 2. The lowest BCUT2D eigenvalue weighted by atomic mass is 9.99. The Morgan fingerprint density at radius 3 is 2.39 bits per heavy atom. The maximum absolute atomic E-state index is 12.7. The van der Waals surface area contributed by atoms with Crippen LogP contribution in [0.3, 0.4) is 0 Å². The van der Waals surface area contributed by atoms with Gasteiger partial charge in [0.1, 0.15) is 0 Å². The fraction of sp³-hybridized carbons (Fsp3) is 0.190. The highest BCUT2D eigenvalue weighted by Gasteiger charge is 2.42. The molecule has 4 nitrogen and oxygen atoms in total. The van der Waals surface area contributed by atoms with Gasteiger partial charge in [0.15, 0.2) is 0 Å². The molecule has 28 heavy (non-hydrogen) atoms. The SMILES string of the molecule is Nc1ccc(-n2cc(C3=CCN(C(=O)C(F)(F)F)CC3)c3ccccc32)cc1.